The van der Waals surface area contributed by atoms with Gasteiger partial charge in [-0.1, -0.05) is 20.8 Å². The number of hydrogen-bond acceptors (Lipinski definition) is 3. The first kappa shape index (κ1) is 12.3. The first-order valence-corrected chi connectivity index (χ1v) is 6.48. The molecule has 1 atom stereocenters. The number of rotatable bonds is 2. The lowest BCUT2D eigenvalue weighted by Gasteiger charge is -2.15. The summed E-state index contributed by atoms with van der Waals surface area (Å²) >= 11 is 1.67. The Labute approximate surface area is 106 Å². The van der Waals surface area contributed by atoms with E-state index in [-0.39, 0.29) is 5.41 Å². The zero-order valence-corrected chi connectivity index (χ0v) is 11.2. The number of thiophene rings is 1. The summed E-state index contributed by atoms with van der Waals surface area (Å²) in [7, 11) is 0. The van der Waals surface area contributed by atoms with Gasteiger partial charge in [0.25, 0.3) is 0 Å². The van der Waals surface area contributed by atoms with Crippen molar-refractivity contribution in [2.45, 2.75) is 32.3 Å². The Bertz CT molecular complexity index is 484. The van der Waals surface area contributed by atoms with Crippen molar-refractivity contribution in [2.24, 2.45) is 0 Å². The lowest BCUT2D eigenvalue weighted by Crippen LogP contribution is -2.07. The van der Waals surface area contributed by atoms with Crippen LogP contribution in [0.15, 0.2) is 36.7 Å². The second-order valence-electron chi connectivity index (χ2n) is 5.14. The number of aliphatic hydroxyl groups is 1. The van der Waals surface area contributed by atoms with Crippen LogP contribution in [0.1, 0.15) is 42.2 Å². The van der Waals surface area contributed by atoms with Crippen LogP contribution in [-0.4, -0.2) is 10.1 Å². The van der Waals surface area contributed by atoms with E-state index >= 15 is 0 Å². The molecule has 0 saturated carbocycles. The Hall–Kier alpha value is -1.19. The summed E-state index contributed by atoms with van der Waals surface area (Å²) in [5, 5.41) is 10.3. The Kier molecular flexibility index (Phi) is 3.31. The van der Waals surface area contributed by atoms with Crippen LogP contribution in [0.3, 0.4) is 0 Å². The number of pyridine rings is 1. The molecule has 0 bridgehead atoms. The minimum absolute atomic E-state index is 0.140. The highest BCUT2D eigenvalue weighted by Gasteiger charge is 2.19. The molecule has 2 rings (SSSR count). The van der Waals surface area contributed by atoms with Gasteiger partial charge in [-0.3, -0.25) is 4.98 Å². The number of nitrogens with zero attached hydrogens (tertiary/aromatic N) is 1. The van der Waals surface area contributed by atoms with E-state index in [0.717, 1.165) is 10.4 Å². The second-order valence-corrected chi connectivity index (χ2v) is 6.25. The molecule has 0 aromatic carbocycles. The maximum Gasteiger partial charge on any atom is 0.113 e. The summed E-state index contributed by atoms with van der Waals surface area (Å²) in [6.07, 6.45) is 2.87. The highest BCUT2D eigenvalue weighted by atomic mass is 32.1. The van der Waals surface area contributed by atoms with Gasteiger partial charge in [-0.2, -0.15) is 0 Å². The van der Waals surface area contributed by atoms with Gasteiger partial charge in [-0.05, 0) is 35.2 Å². The Balaban J connectivity index is 2.27. The van der Waals surface area contributed by atoms with Crippen molar-refractivity contribution in [2.75, 3.05) is 0 Å². The molecule has 0 saturated heterocycles. The van der Waals surface area contributed by atoms with Crippen LogP contribution in [0, 0.1) is 0 Å². The van der Waals surface area contributed by atoms with Crippen LogP contribution >= 0.6 is 11.3 Å². The molecule has 2 aromatic rings. The Morgan fingerprint density at radius 3 is 2.29 bits per heavy atom. The summed E-state index contributed by atoms with van der Waals surface area (Å²) in [5.74, 6) is 0. The molecule has 2 nitrogen and oxygen atoms in total. The maximum absolute atomic E-state index is 10.3. The molecule has 17 heavy (non-hydrogen) atoms. The fraction of sp³-hybridized carbons (Fsp3) is 0.357. The Morgan fingerprint density at radius 1 is 1.12 bits per heavy atom. The van der Waals surface area contributed by atoms with Crippen LogP contribution in [-0.2, 0) is 5.41 Å². The van der Waals surface area contributed by atoms with E-state index in [4.69, 9.17) is 0 Å². The smallest absolute Gasteiger partial charge is 0.113 e. The van der Waals surface area contributed by atoms with Gasteiger partial charge in [0.1, 0.15) is 6.10 Å². The average molecular weight is 247 g/mol. The van der Waals surface area contributed by atoms with Crippen LogP contribution < -0.4 is 0 Å². The van der Waals surface area contributed by atoms with Crippen molar-refractivity contribution in [1.29, 1.82) is 0 Å². The van der Waals surface area contributed by atoms with Crippen LogP contribution in [0.2, 0.25) is 0 Å². The minimum Gasteiger partial charge on any atom is -0.383 e. The molecule has 2 aromatic heterocycles. The lowest BCUT2D eigenvalue weighted by atomic mass is 9.95. The van der Waals surface area contributed by atoms with Crippen LogP contribution in [0.4, 0.5) is 0 Å². The first-order valence-electron chi connectivity index (χ1n) is 5.66. The maximum atomic E-state index is 10.3. The van der Waals surface area contributed by atoms with E-state index in [1.54, 1.807) is 23.7 Å². The van der Waals surface area contributed by atoms with Gasteiger partial charge in [-0.25, -0.2) is 0 Å². The third kappa shape index (κ3) is 2.73. The molecule has 0 aliphatic carbocycles. The molecule has 0 aliphatic rings. The van der Waals surface area contributed by atoms with Gasteiger partial charge >= 0.3 is 0 Å². The highest BCUT2D eigenvalue weighted by molar-refractivity contribution is 7.12. The number of aromatic nitrogens is 1. The van der Waals surface area contributed by atoms with Crippen molar-refractivity contribution in [3.8, 4) is 0 Å². The quantitative estimate of drug-likeness (QED) is 0.880. The molecule has 3 heteroatoms. The molecule has 90 valence electrons. The first-order chi connectivity index (χ1) is 7.98. The van der Waals surface area contributed by atoms with Crippen molar-refractivity contribution in [3.63, 3.8) is 0 Å². The molecule has 0 radical (unpaired) electrons. The van der Waals surface area contributed by atoms with E-state index in [1.807, 2.05) is 18.2 Å². The Morgan fingerprint density at radius 2 is 1.76 bits per heavy atom. The summed E-state index contributed by atoms with van der Waals surface area (Å²) in [5.41, 5.74) is 1.03. The highest BCUT2D eigenvalue weighted by Crippen LogP contribution is 2.34. The largest absolute Gasteiger partial charge is 0.383 e. The molecule has 2 heterocycles. The van der Waals surface area contributed by atoms with E-state index in [0.29, 0.717) is 0 Å². The molecule has 1 unspecified atom stereocenters. The van der Waals surface area contributed by atoms with E-state index in [2.05, 4.69) is 31.8 Å². The third-order valence-corrected chi connectivity index (χ3v) is 4.22. The standard InChI is InChI=1S/C14H17NOS/c1-14(2,3)12-5-4-11(17-12)13(16)10-6-8-15-9-7-10/h4-9,13,16H,1-3H3. The summed E-state index contributed by atoms with van der Waals surface area (Å²) in [6, 6.07) is 7.81. The molecule has 0 fully saturated rings. The SMILES string of the molecule is CC(C)(C)c1ccc(C(O)c2ccncc2)s1. The third-order valence-electron chi connectivity index (χ3n) is 2.66. The predicted octanol–water partition coefficient (Wildman–Crippen LogP) is 3.52. The van der Waals surface area contributed by atoms with E-state index < -0.39 is 6.10 Å². The van der Waals surface area contributed by atoms with E-state index in [1.165, 1.54) is 4.88 Å². The summed E-state index contributed by atoms with van der Waals surface area (Å²) in [4.78, 5) is 6.24. The van der Waals surface area contributed by atoms with Gasteiger partial charge in [0.2, 0.25) is 0 Å². The fourth-order valence-corrected chi connectivity index (χ4v) is 2.69. The summed E-state index contributed by atoms with van der Waals surface area (Å²) < 4.78 is 0. The lowest BCUT2D eigenvalue weighted by molar-refractivity contribution is 0.224. The number of hydrogen-bond donors (Lipinski definition) is 1. The molecular weight excluding hydrogens is 230 g/mol. The average Bonchev–Trinajstić information content (AvgIpc) is 2.78. The summed E-state index contributed by atoms with van der Waals surface area (Å²) in [6.45, 7) is 6.55. The molecule has 0 amide bonds. The van der Waals surface area contributed by atoms with Gasteiger partial charge in [0, 0.05) is 22.1 Å². The van der Waals surface area contributed by atoms with Crippen molar-refractivity contribution in [1.82, 2.24) is 4.98 Å². The van der Waals surface area contributed by atoms with Gasteiger partial charge < -0.3 is 5.11 Å². The van der Waals surface area contributed by atoms with Crippen LogP contribution in [0.25, 0.3) is 0 Å². The molecule has 1 N–H and O–H groups in total. The van der Waals surface area contributed by atoms with Crippen molar-refractivity contribution >= 4 is 11.3 Å². The normalized spacial score (nSPS) is 13.6. The topological polar surface area (TPSA) is 33.1 Å². The van der Waals surface area contributed by atoms with E-state index in [9.17, 15) is 5.11 Å². The van der Waals surface area contributed by atoms with Crippen LogP contribution in [0.5, 0.6) is 0 Å². The van der Waals surface area contributed by atoms with Gasteiger partial charge in [-0.15, -0.1) is 11.3 Å². The second kappa shape index (κ2) is 4.59. The van der Waals surface area contributed by atoms with Gasteiger partial charge in [0.05, 0.1) is 0 Å². The molecule has 0 spiro atoms. The monoisotopic (exact) mass is 247 g/mol. The zero-order chi connectivity index (χ0) is 12.5. The number of aliphatic hydroxyl groups excluding tert-OH is 1. The molecular formula is C14H17NOS. The fourth-order valence-electron chi connectivity index (χ4n) is 1.61. The van der Waals surface area contributed by atoms with Crippen molar-refractivity contribution in [3.05, 3.63) is 52.0 Å². The van der Waals surface area contributed by atoms with Crippen molar-refractivity contribution < 1.29 is 5.11 Å². The minimum atomic E-state index is -0.543. The van der Waals surface area contributed by atoms with Gasteiger partial charge in [0.15, 0.2) is 0 Å². The predicted molar refractivity (Wildman–Crippen MR) is 71.3 cm³/mol. The molecule has 0 aliphatic heterocycles. The zero-order valence-electron chi connectivity index (χ0n) is 10.3.